The minimum absolute atomic E-state index is 0.243. The lowest BCUT2D eigenvalue weighted by Crippen LogP contribution is -1.98. The standard InChI is InChI=1S/C20H20N6S/c1-14-7-9-16(10-8-14)19-12-26(24-22-19)18-6-4-5-17(11-18)15(2)27-20-23-21-13-25(20)3/h4-13,15H,1-3H3/t15-/m0/s1. The van der Waals surface area contributed by atoms with Gasteiger partial charge in [0.25, 0.3) is 0 Å². The molecule has 0 aliphatic heterocycles. The normalized spacial score (nSPS) is 12.3. The van der Waals surface area contributed by atoms with Crippen LogP contribution in [0.4, 0.5) is 0 Å². The maximum absolute atomic E-state index is 4.33. The Labute approximate surface area is 162 Å². The predicted octanol–water partition coefficient (Wildman–Crippen LogP) is 4.22. The van der Waals surface area contributed by atoms with Gasteiger partial charge in [-0.1, -0.05) is 58.9 Å². The van der Waals surface area contributed by atoms with Crippen molar-refractivity contribution in [1.29, 1.82) is 0 Å². The fourth-order valence-electron chi connectivity index (χ4n) is 2.77. The zero-order valence-electron chi connectivity index (χ0n) is 15.4. The second-order valence-corrected chi connectivity index (χ2v) is 7.80. The van der Waals surface area contributed by atoms with Crippen LogP contribution in [0.25, 0.3) is 16.9 Å². The van der Waals surface area contributed by atoms with Crippen LogP contribution in [0.15, 0.2) is 66.2 Å². The monoisotopic (exact) mass is 376 g/mol. The van der Waals surface area contributed by atoms with Crippen molar-refractivity contribution >= 4 is 11.8 Å². The van der Waals surface area contributed by atoms with Crippen molar-refractivity contribution in [3.05, 3.63) is 72.2 Å². The van der Waals surface area contributed by atoms with Gasteiger partial charge in [0.1, 0.15) is 12.0 Å². The molecule has 0 spiro atoms. The molecular weight excluding hydrogens is 356 g/mol. The molecule has 0 radical (unpaired) electrons. The molecule has 0 fully saturated rings. The Kier molecular flexibility index (Phi) is 4.77. The Morgan fingerprint density at radius 3 is 2.59 bits per heavy atom. The quantitative estimate of drug-likeness (QED) is 0.488. The zero-order valence-corrected chi connectivity index (χ0v) is 16.3. The maximum Gasteiger partial charge on any atom is 0.191 e. The maximum atomic E-state index is 4.33. The van der Waals surface area contributed by atoms with Crippen LogP contribution >= 0.6 is 11.8 Å². The molecule has 1 atom stereocenters. The second kappa shape index (κ2) is 7.36. The first kappa shape index (κ1) is 17.5. The molecule has 6 nitrogen and oxygen atoms in total. The summed E-state index contributed by atoms with van der Waals surface area (Å²) in [7, 11) is 1.95. The van der Waals surface area contributed by atoms with E-state index in [0.29, 0.717) is 0 Å². The third-order valence-electron chi connectivity index (χ3n) is 4.40. The molecular formula is C20H20N6S. The molecule has 0 saturated heterocycles. The molecule has 0 unspecified atom stereocenters. The number of aromatic nitrogens is 6. The number of rotatable bonds is 5. The fourth-order valence-corrected chi connectivity index (χ4v) is 3.68. The summed E-state index contributed by atoms with van der Waals surface area (Å²) in [4.78, 5) is 0. The summed E-state index contributed by atoms with van der Waals surface area (Å²) in [6, 6.07) is 16.7. The average molecular weight is 376 g/mol. The third-order valence-corrected chi connectivity index (χ3v) is 5.60. The van der Waals surface area contributed by atoms with Crippen LogP contribution in [0, 0.1) is 6.92 Å². The van der Waals surface area contributed by atoms with E-state index >= 15 is 0 Å². The molecule has 0 amide bonds. The van der Waals surface area contributed by atoms with Crippen LogP contribution in [0.3, 0.4) is 0 Å². The van der Waals surface area contributed by atoms with E-state index in [4.69, 9.17) is 0 Å². The van der Waals surface area contributed by atoms with Crippen LogP contribution in [0.1, 0.15) is 23.3 Å². The Balaban J connectivity index is 1.57. The van der Waals surface area contributed by atoms with Gasteiger partial charge in [0.05, 0.1) is 11.9 Å². The van der Waals surface area contributed by atoms with Crippen molar-refractivity contribution in [2.45, 2.75) is 24.3 Å². The molecule has 27 heavy (non-hydrogen) atoms. The lowest BCUT2D eigenvalue weighted by Gasteiger charge is -2.12. The Morgan fingerprint density at radius 2 is 1.85 bits per heavy atom. The minimum Gasteiger partial charge on any atom is -0.312 e. The molecule has 2 heterocycles. The van der Waals surface area contributed by atoms with Crippen molar-refractivity contribution in [3.63, 3.8) is 0 Å². The summed E-state index contributed by atoms with van der Waals surface area (Å²) in [5, 5.41) is 17.9. The minimum atomic E-state index is 0.243. The molecule has 2 aromatic heterocycles. The highest BCUT2D eigenvalue weighted by Gasteiger charge is 2.13. The van der Waals surface area contributed by atoms with Crippen molar-refractivity contribution in [3.8, 4) is 16.9 Å². The topological polar surface area (TPSA) is 61.4 Å². The van der Waals surface area contributed by atoms with Gasteiger partial charge in [0.2, 0.25) is 0 Å². The molecule has 2 aromatic carbocycles. The van der Waals surface area contributed by atoms with Crippen molar-refractivity contribution in [2.75, 3.05) is 0 Å². The van der Waals surface area contributed by atoms with Gasteiger partial charge in [0, 0.05) is 17.9 Å². The largest absolute Gasteiger partial charge is 0.312 e. The summed E-state index contributed by atoms with van der Waals surface area (Å²) in [5.74, 6) is 0. The molecule has 0 aliphatic rings. The lowest BCUT2D eigenvalue weighted by atomic mass is 10.1. The molecule has 0 aliphatic carbocycles. The number of hydrogen-bond donors (Lipinski definition) is 0. The number of thioether (sulfide) groups is 1. The summed E-state index contributed by atoms with van der Waals surface area (Å²) in [6.45, 7) is 4.24. The van der Waals surface area contributed by atoms with E-state index in [2.05, 4.69) is 70.8 Å². The molecule has 0 saturated carbocycles. The smallest absolute Gasteiger partial charge is 0.191 e. The molecule has 0 bridgehead atoms. The molecule has 136 valence electrons. The van der Waals surface area contributed by atoms with Crippen LogP contribution in [-0.4, -0.2) is 29.8 Å². The van der Waals surface area contributed by atoms with Crippen LogP contribution < -0.4 is 0 Å². The first-order valence-corrected chi connectivity index (χ1v) is 9.58. The van der Waals surface area contributed by atoms with E-state index in [1.807, 2.05) is 34.6 Å². The van der Waals surface area contributed by atoms with E-state index in [0.717, 1.165) is 22.1 Å². The van der Waals surface area contributed by atoms with Gasteiger partial charge in [-0.25, -0.2) is 4.68 Å². The average Bonchev–Trinajstić information content (AvgIpc) is 3.32. The highest BCUT2D eigenvalue weighted by molar-refractivity contribution is 7.99. The predicted molar refractivity (Wildman–Crippen MR) is 107 cm³/mol. The Hall–Kier alpha value is -2.93. The fraction of sp³-hybridized carbons (Fsp3) is 0.200. The van der Waals surface area contributed by atoms with Gasteiger partial charge in [-0.3, -0.25) is 0 Å². The van der Waals surface area contributed by atoms with E-state index in [9.17, 15) is 0 Å². The van der Waals surface area contributed by atoms with E-state index in [-0.39, 0.29) is 5.25 Å². The highest BCUT2D eigenvalue weighted by atomic mass is 32.2. The lowest BCUT2D eigenvalue weighted by molar-refractivity contribution is 0.784. The number of hydrogen-bond acceptors (Lipinski definition) is 5. The summed E-state index contributed by atoms with van der Waals surface area (Å²) >= 11 is 1.68. The van der Waals surface area contributed by atoms with Crippen LogP contribution in [-0.2, 0) is 7.05 Å². The molecule has 7 heteroatoms. The second-order valence-electron chi connectivity index (χ2n) is 6.49. The molecule has 0 N–H and O–H groups in total. The Bertz CT molecular complexity index is 1050. The van der Waals surface area contributed by atoms with E-state index in [1.165, 1.54) is 11.1 Å². The van der Waals surface area contributed by atoms with Gasteiger partial charge in [0.15, 0.2) is 5.16 Å². The number of aryl methyl sites for hydroxylation is 2. The van der Waals surface area contributed by atoms with Gasteiger partial charge in [-0.15, -0.1) is 15.3 Å². The number of nitrogens with zero attached hydrogens (tertiary/aromatic N) is 6. The molecule has 4 aromatic rings. The number of benzene rings is 2. The zero-order chi connectivity index (χ0) is 18.8. The van der Waals surface area contributed by atoms with Crippen LogP contribution in [0.2, 0.25) is 0 Å². The molecule has 4 rings (SSSR count). The van der Waals surface area contributed by atoms with Gasteiger partial charge in [-0.05, 0) is 31.5 Å². The summed E-state index contributed by atoms with van der Waals surface area (Å²) in [5.41, 5.74) is 5.35. The van der Waals surface area contributed by atoms with Gasteiger partial charge < -0.3 is 4.57 Å². The highest BCUT2D eigenvalue weighted by Crippen LogP contribution is 2.33. The first-order chi connectivity index (χ1) is 13.1. The van der Waals surface area contributed by atoms with Crippen molar-refractivity contribution in [2.24, 2.45) is 7.05 Å². The van der Waals surface area contributed by atoms with Crippen molar-refractivity contribution in [1.82, 2.24) is 29.8 Å². The summed E-state index contributed by atoms with van der Waals surface area (Å²) in [6.07, 6.45) is 3.68. The van der Waals surface area contributed by atoms with Gasteiger partial charge >= 0.3 is 0 Å². The summed E-state index contributed by atoms with van der Waals surface area (Å²) < 4.78 is 3.74. The SMILES string of the molecule is Cc1ccc(-c2cn(-c3cccc([C@H](C)Sc4nncn4C)c3)nn2)cc1. The van der Waals surface area contributed by atoms with Crippen LogP contribution in [0.5, 0.6) is 0 Å². The van der Waals surface area contributed by atoms with E-state index < -0.39 is 0 Å². The first-order valence-electron chi connectivity index (χ1n) is 8.70. The van der Waals surface area contributed by atoms with E-state index in [1.54, 1.807) is 18.1 Å². The third kappa shape index (κ3) is 3.78. The van der Waals surface area contributed by atoms with Crippen molar-refractivity contribution < 1.29 is 0 Å². The van der Waals surface area contributed by atoms with Gasteiger partial charge in [-0.2, -0.15) is 0 Å². The Morgan fingerprint density at radius 1 is 1.04 bits per heavy atom.